The molecule has 0 saturated carbocycles. The van der Waals surface area contributed by atoms with Crippen LogP contribution in [-0.4, -0.2) is 40.0 Å². The summed E-state index contributed by atoms with van der Waals surface area (Å²) in [6.07, 6.45) is -5.09. The number of halogens is 3. The molecule has 0 aliphatic rings. The third kappa shape index (κ3) is 7.07. The maximum Gasteiger partial charge on any atom is 0.417 e. The zero-order chi connectivity index (χ0) is 23.1. The van der Waals surface area contributed by atoms with Gasteiger partial charge in [-0.1, -0.05) is 42.5 Å². The van der Waals surface area contributed by atoms with E-state index in [0.717, 1.165) is 17.7 Å². The van der Waals surface area contributed by atoms with Crippen molar-refractivity contribution < 1.29 is 35.9 Å². The summed E-state index contributed by atoms with van der Waals surface area (Å²) in [4.78, 5) is 23.2. The second kappa shape index (κ2) is 10.4. The lowest BCUT2D eigenvalue weighted by molar-refractivity contribution is -0.145. The Morgan fingerprint density at radius 2 is 1.65 bits per heavy atom. The van der Waals surface area contributed by atoms with Gasteiger partial charge in [0, 0.05) is 19.4 Å². The molecule has 0 aromatic heterocycles. The smallest absolute Gasteiger partial charge is 0.417 e. The Hall–Kier alpha value is -2.92. The highest BCUT2D eigenvalue weighted by Gasteiger charge is 2.36. The average molecular weight is 458 g/mol. The highest BCUT2D eigenvalue weighted by atomic mass is 32.2. The number of hydrogen-bond acceptors (Lipinski definition) is 5. The van der Waals surface area contributed by atoms with Gasteiger partial charge in [-0.25, -0.2) is 17.9 Å². The van der Waals surface area contributed by atoms with Crippen LogP contribution in [-0.2, 0) is 36.9 Å². The molecule has 0 saturated heterocycles. The molecule has 0 aliphatic heterocycles. The van der Waals surface area contributed by atoms with Crippen molar-refractivity contribution in [3.63, 3.8) is 0 Å². The van der Waals surface area contributed by atoms with Crippen LogP contribution in [0, 0.1) is 0 Å². The molecule has 31 heavy (non-hydrogen) atoms. The molecule has 2 aromatic rings. The fraction of sp³-hybridized carbons (Fsp3) is 0.300. The zero-order valence-electron chi connectivity index (χ0n) is 16.5. The van der Waals surface area contributed by atoms with Gasteiger partial charge < -0.3 is 10.1 Å². The van der Waals surface area contributed by atoms with Crippen molar-refractivity contribution in [2.24, 2.45) is 0 Å². The molecule has 0 unspecified atom stereocenters. The number of esters is 1. The fourth-order valence-corrected chi connectivity index (χ4v) is 4.02. The van der Waals surface area contributed by atoms with Crippen LogP contribution in [0.4, 0.5) is 13.2 Å². The number of amides is 1. The second-order valence-corrected chi connectivity index (χ2v) is 8.21. The van der Waals surface area contributed by atoms with Gasteiger partial charge in [-0.15, -0.1) is 0 Å². The molecule has 0 fully saturated rings. The lowest BCUT2D eigenvalue weighted by Crippen LogP contribution is -2.44. The largest absolute Gasteiger partial charge is 0.467 e. The Balaban J connectivity index is 1.99. The monoisotopic (exact) mass is 458 g/mol. The van der Waals surface area contributed by atoms with Crippen LogP contribution in [0.5, 0.6) is 0 Å². The summed E-state index contributed by atoms with van der Waals surface area (Å²) in [5.41, 5.74) is -0.539. The van der Waals surface area contributed by atoms with E-state index < -0.39 is 57.5 Å². The number of ether oxygens (including phenoxy) is 1. The molecule has 7 nitrogen and oxygen atoms in total. The maximum atomic E-state index is 13.1. The first-order valence-corrected chi connectivity index (χ1v) is 10.6. The van der Waals surface area contributed by atoms with E-state index >= 15 is 0 Å². The third-order valence-corrected chi connectivity index (χ3v) is 5.75. The maximum absolute atomic E-state index is 13.1. The minimum absolute atomic E-state index is 0.157. The van der Waals surface area contributed by atoms with E-state index in [9.17, 15) is 31.2 Å². The third-order valence-electron chi connectivity index (χ3n) is 4.23. The van der Waals surface area contributed by atoms with Crippen molar-refractivity contribution in [2.75, 3.05) is 13.7 Å². The molecule has 0 bridgehead atoms. The molecule has 168 valence electrons. The summed E-state index contributed by atoms with van der Waals surface area (Å²) < 4.78 is 70.4. The van der Waals surface area contributed by atoms with Gasteiger partial charge in [-0.05, 0) is 17.7 Å². The van der Waals surface area contributed by atoms with E-state index in [1.54, 1.807) is 30.3 Å². The minimum Gasteiger partial charge on any atom is -0.467 e. The molecule has 0 spiro atoms. The van der Waals surface area contributed by atoms with Crippen LogP contribution in [0.1, 0.15) is 17.5 Å². The number of nitrogens with one attached hydrogen (secondary N) is 2. The molecular weight excluding hydrogens is 437 g/mol. The quantitative estimate of drug-likeness (QED) is 0.562. The van der Waals surface area contributed by atoms with Crippen molar-refractivity contribution in [1.82, 2.24) is 10.0 Å². The molecule has 2 rings (SSSR count). The Labute approximate surface area is 177 Å². The van der Waals surface area contributed by atoms with Crippen LogP contribution in [0.3, 0.4) is 0 Å². The van der Waals surface area contributed by atoms with Gasteiger partial charge in [0.2, 0.25) is 15.9 Å². The number of sulfonamides is 1. The zero-order valence-corrected chi connectivity index (χ0v) is 17.3. The lowest BCUT2D eigenvalue weighted by atomic mass is 10.1. The number of rotatable bonds is 9. The number of alkyl halides is 3. The van der Waals surface area contributed by atoms with Crippen LogP contribution >= 0.6 is 0 Å². The molecule has 2 N–H and O–H groups in total. The standard InChI is InChI=1S/C20H21F3N2O5S/c1-30-19(27)16(13-14-7-3-2-4-8-14)25-18(26)11-12-24-31(28,29)17-10-6-5-9-15(17)20(21,22)23/h2-10,16,24H,11-13H2,1H3,(H,25,26)/t16-/m1/s1. The van der Waals surface area contributed by atoms with Gasteiger partial charge in [-0.3, -0.25) is 4.79 Å². The number of methoxy groups -OCH3 is 1. The van der Waals surface area contributed by atoms with Crippen molar-refractivity contribution in [3.8, 4) is 0 Å². The summed E-state index contributed by atoms with van der Waals surface area (Å²) in [7, 11) is -3.34. The van der Waals surface area contributed by atoms with E-state index in [1.165, 1.54) is 13.2 Å². The van der Waals surface area contributed by atoms with Gasteiger partial charge in [0.15, 0.2) is 0 Å². The summed E-state index contributed by atoms with van der Waals surface area (Å²) in [5.74, 6) is -1.35. The van der Waals surface area contributed by atoms with Crippen LogP contribution in [0.15, 0.2) is 59.5 Å². The minimum atomic E-state index is -4.85. The Bertz CT molecular complexity index is 1010. The van der Waals surface area contributed by atoms with Gasteiger partial charge in [0.1, 0.15) is 6.04 Å². The van der Waals surface area contributed by atoms with Gasteiger partial charge >= 0.3 is 12.1 Å². The van der Waals surface area contributed by atoms with E-state index in [1.807, 2.05) is 4.72 Å². The number of benzene rings is 2. The van der Waals surface area contributed by atoms with Gasteiger partial charge in [0.05, 0.1) is 17.6 Å². The van der Waals surface area contributed by atoms with Crippen LogP contribution < -0.4 is 10.0 Å². The van der Waals surface area contributed by atoms with Crippen molar-refractivity contribution in [1.29, 1.82) is 0 Å². The molecule has 0 heterocycles. The Morgan fingerprint density at radius 3 is 2.26 bits per heavy atom. The lowest BCUT2D eigenvalue weighted by Gasteiger charge is -2.17. The highest BCUT2D eigenvalue weighted by molar-refractivity contribution is 7.89. The Morgan fingerprint density at radius 1 is 1.03 bits per heavy atom. The van der Waals surface area contributed by atoms with E-state index in [-0.39, 0.29) is 6.42 Å². The summed E-state index contributed by atoms with van der Waals surface area (Å²) in [6.45, 7) is -0.459. The molecule has 0 radical (unpaired) electrons. The van der Waals surface area contributed by atoms with E-state index in [0.29, 0.717) is 6.07 Å². The first-order chi connectivity index (χ1) is 14.5. The normalized spacial score (nSPS) is 12.8. The Kier molecular flexibility index (Phi) is 8.17. The van der Waals surface area contributed by atoms with Crippen molar-refractivity contribution in [2.45, 2.75) is 30.0 Å². The first-order valence-electron chi connectivity index (χ1n) is 9.11. The summed E-state index contributed by atoms with van der Waals surface area (Å²) in [5, 5.41) is 2.45. The average Bonchev–Trinajstić information content (AvgIpc) is 2.72. The summed E-state index contributed by atoms with van der Waals surface area (Å²) in [6, 6.07) is 11.6. The predicted octanol–water partition coefficient (Wildman–Crippen LogP) is 2.27. The van der Waals surface area contributed by atoms with Gasteiger partial charge in [-0.2, -0.15) is 13.2 Å². The first kappa shape index (κ1) is 24.4. The fourth-order valence-electron chi connectivity index (χ4n) is 2.76. The molecule has 1 amide bonds. The molecule has 11 heteroatoms. The van der Waals surface area contributed by atoms with Crippen molar-refractivity contribution in [3.05, 3.63) is 65.7 Å². The van der Waals surface area contributed by atoms with E-state index in [2.05, 4.69) is 10.1 Å². The molecular formula is C20H21F3N2O5S. The van der Waals surface area contributed by atoms with Crippen LogP contribution in [0.2, 0.25) is 0 Å². The summed E-state index contributed by atoms with van der Waals surface area (Å²) >= 11 is 0. The molecule has 0 aliphatic carbocycles. The van der Waals surface area contributed by atoms with Gasteiger partial charge in [0.25, 0.3) is 0 Å². The predicted molar refractivity (Wildman–Crippen MR) is 105 cm³/mol. The topological polar surface area (TPSA) is 102 Å². The molecule has 2 aromatic carbocycles. The van der Waals surface area contributed by atoms with Crippen molar-refractivity contribution >= 4 is 21.9 Å². The molecule has 1 atom stereocenters. The number of carbonyl (C=O) groups is 2. The van der Waals surface area contributed by atoms with E-state index in [4.69, 9.17) is 0 Å². The highest BCUT2D eigenvalue weighted by Crippen LogP contribution is 2.33. The second-order valence-electron chi connectivity index (χ2n) is 6.47. The van der Waals surface area contributed by atoms with Crippen LogP contribution in [0.25, 0.3) is 0 Å². The number of hydrogen-bond donors (Lipinski definition) is 2. The number of carbonyl (C=O) groups excluding carboxylic acids is 2. The SMILES string of the molecule is COC(=O)[C@@H](Cc1ccccc1)NC(=O)CCNS(=O)(=O)c1ccccc1C(F)(F)F.